The predicted octanol–water partition coefficient (Wildman–Crippen LogP) is 2.41. The molecule has 1 heterocycles. The standard InChI is InChI=1S/C9H14ClN3S/c1-9(2,3)12-8(13-11)6-4-5-7(10)14-6/h4-5H,11H2,1-3H3,(H,12,13). The Morgan fingerprint density at radius 2 is 2.14 bits per heavy atom. The van der Waals surface area contributed by atoms with Crippen LogP contribution in [0.1, 0.15) is 25.6 Å². The SMILES string of the molecule is CC(C)(C)N=C(NN)c1ccc(Cl)s1. The van der Waals surface area contributed by atoms with Crippen molar-refractivity contribution in [3.8, 4) is 0 Å². The van der Waals surface area contributed by atoms with Crippen LogP contribution in [0.4, 0.5) is 0 Å². The third-order valence-corrected chi connectivity index (χ3v) is 2.63. The molecule has 0 radical (unpaired) electrons. The number of halogens is 1. The number of amidine groups is 1. The van der Waals surface area contributed by atoms with Gasteiger partial charge < -0.3 is 5.43 Å². The molecule has 0 amide bonds. The van der Waals surface area contributed by atoms with E-state index in [1.165, 1.54) is 11.3 Å². The number of aliphatic imine (C=N–C) groups is 1. The molecule has 0 bridgehead atoms. The molecule has 1 aromatic rings. The lowest BCUT2D eigenvalue weighted by molar-refractivity contribution is 0.580. The molecule has 0 saturated carbocycles. The van der Waals surface area contributed by atoms with Crippen LogP contribution in [0.2, 0.25) is 4.34 Å². The van der Waals surface area contributed by atoms with Gasteiger partial charge in [0, 0.05) is 0 Å². The first kappa shape index (κ1) is 11.5. The average molecular weight is 232 g/mol. The summed E-state index contributed by atoms with van der Waals surface area (Å²) >= 11 is 7.28. The molecule has 1 rings (SSSR count). The number of hydrogen-bond acceptors (Lipinski definition) is 3. The molecule has 0 unspecified atom stereocenters. The number of hydrogen-bond donors (Lipinski definition) is 2. The van der Waals surface area contributed by atoms with Crippen molar-refractivity contribution in [1.29, 1.82) is 0 Å². The summed E-state index contributed by atoms with van der Waals surface area (Å²) in [5.41, 5.74) is 2.44. The van der Waals surface area contributed by atoms with Gasteiger partial charge in [0.25, 0.3) is 0 Å². The summed E-state index contributed by atoms with van der Waals surface area (Å²) in [6.07, 6.45) is 0. The second kappa shape index (κ2) is 4.29. The van der Waals surface area contributed by atoms with Crippen molar-refractivity contribution in [3.63, 3.8) is 0 Å². The minimum atomic E-state index is -0.155. The first-order valence-corrected chi connectivity index (χ1v) is 5.44. The molecule has 5 heteroatoms. The van der Waals surface area contributed by atoms with Gasteiger partial charge >= 0.3 is 0 Å². The normalized spacial score (nSPS) is 13.1. The van der Waals surface area contributed by atoms with Gasteiger partial charge in [0.1, 0.15) is 0 Å². The van der Waals surface area contributed by atoms with Crippen molar-refractivity contribution in [2.45, 2.75) is 26.3 Å². The Morgan fingerprint density at radius 3 is 2.50 bits per heavy atom. The van der Waals surface area contributed by atoms with E-state index < -0.39 is 0 Å². The van der Waals surface area contributed by atoms with Crippen molar-refractivity contribution in [1.82, 2.24) is 5.43 Å². The molecule has 1 aromatic heterocycles. The van der Waals surface area contributed by atoms with Gasteiger partial charge in [-0.1, -0.05) is 11.6 Å². The fourth-order valence-electron chi connectivity index (χ4n) is 0.935. The molecule has 0 aliphatic rings. The van der Waals surface area contributed by atoms with Gasteiger partial charge in [-0.05, 0) is 32.9 Å². The lowest BCUT2D eigenvalue weighted by Gasteiger charge is -2.14. The summed E-state index contributed by atoms with van der Waals surface area (Å²) < 4.78 is 0.733. The summed E-state index contributed by atoms with van der Waals surface area (Å²) in [6.45, 7) is 6.04. The minimum Gasteiger partial charge on any atom is -0.308 e. The zero-order valence-corrected chi connectivity index (χ0v) is 10.0. The molecule has 0 aliphatic carbocycles. The highest BCUT2D eigenvalue weighted by molar-refractivity contribution is 7.18. The number of thiophene rings is 1. The first-order chi connectivity index (χ1) is 6.42. The van der Waals surface area contributed by atoms with Gasteiger partial charge in [-0.3, -0.25) is 4.99 Å². The Morgan fingerprint density at radius 1 is 1.50 bits per heavy atom. The Labute approximate surface area is 93.0 Å². The van der Waals surface area contributed by atoms with Crippen molar-refractivity contribution < 1.29 is 0 Å². The first-order valence-electron chi connectivity index (χ1n) is 4.24. The molecule has 14 heavy (non-hydrogen) atoms. The second-order valence-corrected chi connectivity index (χ2v) is 5.59. The molecule has 78 valence electrons. The average Bonchev–Trinajstić information content (AvgIpc) is 2.46. The maximum absolute atomic E-state index is 5.83. The van der Waals surface area contributed by atoms with E-state index in [0.717, 1.165) is 9.21 Å². The Balaban J connectivity index is 2.99. The summed E-state index contributed by atoms with van der Waals surface area (Å²) in [5, 5.41) is 0. The van der Waals surface area contributed by atoms with Gasteiger partial charge in [-0.25, -0.2) is 5.84 Å². The van der Waals surface area contributed by atoms with Gasteiger partial charge in [-0.15, -0.1) is 11.3 Å². The van der Waals surface area contributed by atoms with E-state index in [0.29, 0.717) is 5.84 Å². The smallest absolute Gasteiger partial charge is 0.153 e. The second-order valence-electron chi connectivity index (χ2n) is 3.88. The third-order valence-electron chi connectivity index (χ3n) is 1.39. The van der Waals surface area contributed by atoms with Crippen molar-refractivity contribution in [2.24, 2.45) is 10.8 Å². The third kappa shape index (κ3) is 3.29. The van der Waals surface area contributed by atoms with Crippen LogP contribution < -0.4 is 11.3 Å². The summed E-state index contributed by atoms with van der Waals surface area (Å²) in [7, 11) is 0. The van der Waals surface area contributed by atoms with E-state index in [9.17, 15) is 0 Å². The van der Waals surface area contributed by atoms with Crippen molar-refractivity contribution in [2.75, 3.05) is 0 Å². The van der Waals surface area contributed by atoms with Gasteiger partial charge in [0.2, 0.25) is 0 Å². The predicted molar refractivity (Wildman–Crippen MR) is 62.9 cm³/mol. The van der Waals surface area contributed by atoms with E-state index in [1.54, 1.807) is 0 Å². The lowest BCUT2D eigenvalue weighted by atomic mass is 10.1. The van der Waals surface area contributed by atoms with Gasteiger partial charge in [0.15, 0.2) is 5.84 Å². The largest absolute Gasteiger partial charge is 0.308 e. The molecule has 0 saturated heterocycles. The zero-order valence-electron chi connectivity index (χ0n) is 8.47. The van der Waals surface area contributed by atoms with Crippen LogP contribution in [0.3, 0.4) is 0 Å². The van der Waals surface area contributed by atoms with Crippen LogP contribution in [-0.4, -0.2) is 11.4 Å². The van der Waals surface area contributed by atoms with Crippen LogP contribution in [0.15, 0.2) is 17.1 Å². The summed E-state index contributed by atoms with van der Waals surface area (Å²) in [4.78, 5) is 5.39. The molecule has 0 aromatic carbocycles. The highest BCUT2D eigenvalue weighted by Crippen LogP contribution is 2.22. The van der Waals surface area contributed by atoms with E-state index in [1.807, 2.05) is 32.9 Å². The van der Waals surface area contributed by atoms with Crippen LogP contribution >= 0.6 is 22.9 Å². The fourth-order valence-corrected chi connectivity index (χ4v) is 1.93. The van der Waals surface area contributed by atoms with Gasteiger partial charge in [0.05, 0.1) is 14.8 Å². The van der Waals surface area contributed by atoms with Crippen molar-refractivity contribution in [3.05, 3.63) is 21.3 Å². The van der Waals surface area contributed by atoms with Gasteiger partial charge in [-0.2, -0.15) is 0 Å². The highest BCUT2D eigenvalue weighted by Gasteiger charge is 2.12. The maximum Gasteiger partial charge on any atom is 0.153 e. The van der Waals surface area contributed by atoms with E-state index >= 15 is 0 Å². The number of rotatable bonds is 1. The van der Waals surface area contributed by atoms with E-state index in [-0.39, 0.29) is 5.54 Å². The monoisotopic (exact) mass is 231 g/mol. The summed E-state index contributed by atoms with van der Waals surface area (Å²) in [6, 6.07) is 3.73. The molecule has 0 spiro atoms. The summed E-state index contributed by atoms with van der Waals surface area (Å²) in [5.74, 6) is 6.08. The van der Waals surface area contributed by atoms with Crippen LogP contribution in [-0.2, 0) is 0 Å². The molecule has 3 nitrogen and oxygen atoms in total. The lowest BCUT2D eigenvalue weighted by Crippen LogP contribution is -2.33. The quantitative estimate of drug-likeness (QED) is 0.338. The highest BCUT2D eigenvalue weighted by atomic mass is 35.5. The number of nitrogens with one attached hydrogen (secondary N) is 1. The molecule has 0 atom stereocenters. The molecule has 3 N–H and O–H groups in total. The molecule has 0 fully saturated rings. The Bertz CT molecular complexity index is 338. The van der Waals surface area contributed by atoms with E-state index in [4.69, 9.17) is 17.4 Å². The molecule has 0 aliphatic heterocycles. The van der Waals surface area contributed by atoms with E-state index in [2.05, 4.69) is 10.4 Å². The fraction of sp³-hybridized carbons (Fsp3) is 0.444. The Kier molecular flexibility index (Phi) is 3.53. The van der Waals surface area contributed by atoms with Crippen LogP contribution in [0.25, 0.3) is 0 Å². The number of hydrazine groups is 1. The zero-order chi connectivity index (χ0) is 10.8. The molecular weight excluding hydrogens is 218 g/mol. The number of nitrogens with two attached hydrogens (primary N) is 1. The molecular formula is C9H14ClN3S. The van der Waals surface area contributed by atoms with Crippen molar-refractivity contribution >= 4 is 28.8 Å². The van der Waals surface area contributed by atoms with Crippen LogP contribution in [0.5, 0.6) is 0 Å². The Hall–Kier alpha value is -0.580. The number of nitrogens with zero attached hydrogens (tertiary/aromatic N) is 1. The topological polar surface area (TPSA) is 50.4 Å². The van der Waals surface area contributed by atoms with Crippen LogP contribution in [0, 0.1) is 0 Å². The maximum atomic E-state index is 5.83. The minimum absolute atomic E-state index is 0.155.